The fourth-order valence-electron chi connectivity index (χ4n) is 4.52. The fraction of sp³-hybridized carbons (Fsp3) is 0.417. The van der Waals surface area contributed by atoms with Gasteiger partial charge in [0.05, 0.1) is 23.5 Å². The van der Waals surface area contributed by atoms with E-state index in [9.17, 15) is 27.9 Å². The highest BCUT2D eigenvalue weighted by Crippen LogP contribution is 2.31. The summed E-state index contributed by atoms with van der Waals surface area (Å²) in [7, 11) is 0. The third-order valence-corrected chi connectivity index (χ3v) is 6.61. The van der Waals surface area contributed by atoms with Crippen molar-refractivity contribution in [1.29, 1.82) is 0 Å². The molecule has 2 heterocycles. The molecule has 0 radical (unpaired) electrons. The second-order valence-corrected chi connectivity index (χ2v) is 9.22. The molecule has 0 aromatic heterocycles. The summed E-state index contributed by atoms with van der Waals surface area (Å²) in [5, 5.41) is 16.5. The highest BCUT2D eigenvalue weighted by atomic mass is 35.5. The topological polar surface area (TPSA) is 84.9 Å². The highest BCUT2D eigenvalue weighted by Gasteiger charge is 2.40. The lowest BCUT2D eigenvalue weighted by Crippen LogP contribution is -2.50. The van der Waals surface area contributed by atoms with E-state index in [1.54, 1.807) is 46.2 Å². The van der Waals surface area contributed by atoms with Crippen LogP contribution in [0.2, 0.25) is 5.02 Å². The normalized spacial score (nSPS) is 21.3. The SMILES string of the molecule is O=C(c1ccc(Cl)cc1)N1CCC(NC2CN(c3ccccc3NC(=O)C(F)(F)F)CC2O)CC1. The Labute approximate surface area is 205 Å². The van der Waals surface area contributed by atoms with Crippen LogP contribution in [0.3, 0.4) is 0 Å². The maximum atomic E-state index is 12.7. The molecule has 7 nitrogen and oxygen atoms in total. The third kappa shape index (κ3) is 6.06. The maximum absolute atomic E-state index is 12.7. The molecule has 2 atom stereocenters. The Kier molecular flexibility index (Phi) is 7.53. The van der Waals surface area contributed by atoms with Gasteiger partial charge in [0, 0.05) is 42.8 Å². The van der Waals surface area contributed by atoms with Crippen molar-refractivity contribution in [2.24, 2.45) is 0 Å². The number of amides is 2. The van der Waals surface area contributed by atoms with E-state index in [1.807, 2.05) is 5.32 Å². The number of hydrogen-bond donors (Lipinski definition) is 3. The van der Waals surface area contributed by atoms with Gasteiger partial charge < -0.3 is 25.5 Å². The minimum Gasteiger partial charge on any atom is -0.390 e. The highest BCUT2D eigenvalue weighted by molar-refractivity contribution is 6.30. The van der Waals surface area contributed by atoms with Crippen molar-refractivity contribution in [3.8, 4) is 0 Å². The summed E-state index contributed by atoms with van der Waals surface area (Å²) >= 11 is 5.89. The van der Waals surface area contributed by atoms with Crippen molar-refractivity contribution in [3.63, 3.8) is 0 Å². The van der Waals surface area contributed by atoms with Crippen LogP contribution >= 0.6 is 11.6 Å². The zero-order valence-electron chi connectivity index (χ0n) is 18.8. The van der Waals surface area contributed by atoms with Crippen LogP contribution in [0.4, 0.5) is 24.5 Å². The van der Waals surface area contributed by atoms with E-state index in [1.165, 1.54) is 12.1 Å². The van der Waals surface area contributed by atoms with Gasteiger partial charge in [-0.15, -0.1) is 0 Å². The lowest BCUT2D eigenvalue weighted by atomic mass is 10.0. The number of likely N-dealkylation sites (tertiary alicyclic amines) is 1. The van der Waals surface area contributed by atoms with Gasteiger partial charge in [-0.3, -0.25) is 9.59 Å². The number of carbonyl (C=O) groups excluding carboxylic acids is 2. The summed E-state index contributed by atoms with van der Waals surface area (Å²) in [5.41, 5.74) is 1.03. The van der Waals surface area contributed by atoms with Gasteiger partial charge in [-0.2, -0.15) is 13.2 Å². The average Bonchev–Trinajstić information content (AvgIpc) is 3.19. The van der Waals surface area contributed by atoms with E-state index < -0.39 is 18.2 Å². The quantitative estimate of drug-likeness (QED) is 0.575. The number of aliphatic hydroxyl groups excluding tert-OH is 1. The monoisotopic (exact) mass is 510 g/mol. The Balaban J connectivity index is 1.33. The molecule has 0 saturated carbocycles. The minimum absolute atomic E-state index is 0.0386. The van der Waals surface area contributed by atoms with Crippen LogP contribution in [0, 0.1) is 0 Å². The van der Waals surface area contributed by atoms with E-state index in [4.69, 9.17) is 11.6 Å². The molecule has 2 aliphatic rings. The van der Waals surface area contributed by atoms with Gasteiger partial charge >= 0.3 is 12.1 Å². The molecule has 35 heavy (non-hydrogen) atoms. The Morgan fingerprint density at radius 1 is 1.00 bits per heavy atom. The lowest BCUT2D eigenvalue weighted by Gasteiger charge is -2.34. The van der Waals surface area contributed by atoms with Gasteiger partial charge in [0.1, 0.15) is 0 Å². The number of rotatable bonds is 5. The number of β-amino-alcohol motifs (C(OH)–C–C–N with tert-alkyl or cyclic N) is 1. The van der Waals surface area contributed by atoms with E-state index in [-0.39, 0.29) is 30.2 Å². The predicted molar refractivity (Wildman–Crippen MR) is 127 cm³/mol. The molecule has 4 rings (SSSR count). The standard InChI is InChI=1S/C24H26ClF3N4O3/c25-16-7-5-15(6-8-16)22(34)31-11-9-17(10-12-31)29-19-13-32(14-21(19)33)20-4-2-1-3-18(20)30-23(35)24(26,27)28/h1-8,17,19,21,29,33H,9-14H2,(H,30,35). The van der Waals surface area contributed by atoms with E-state index in [0.717, 1.165) is 0 Å². The van der Waals surface area contributed by atoms with Gasteiger partial charge in [0.15, 0.2) is 0 Å². The Hall–Kier alpha value is -2.82. The number of piperidine rings is 1. The van der Waals surface area contributed by atoms with Crippen molar-refractivity contribution in [1.82, 2.24) is 10.2 Å². The largest absolute Gasteiger partial charge is 0.471 e. The predicted octanol–water partition coefficient (Wildman–Crippen LogP) is 3.28. The molecule has 188 valence electrons. The molecule has 0 bridgehead atoms. The molecular weight excluding hydrogens is 485 g/mol. The molecule has 2 fully saturated rings. The molecular formula is C24H26ClF3N4O3. The number of anilines is 2. The van der Waals surface area contributed by atoms with Crippen molar-refractivity contribution in [3.05, 3.63) is 59.1 Å². The van der Waals surface area contributed by atoms with Gasteiger partial charge in [0.25, 0.3) is 5.91 Å². The second kappa shape index (κ2) is 10.4. The fourth-order valence-corrected chi connectivity index (χ4v) is 4.65. The lowest BCUT2D eigenvalue weighted by molar-refractivity contribution is -0.167. The number of aliphatic hydroxyl groups is 1. The third-order valence-electron chi connectivity index (χ3n) is 6.36. The summed E-state index contributed by atoms with van der Waals surface area (Å²) in [6.07, 6.45) is -4.32. The number of carbonyl (C=O) groups is 2. The summed E-state index contributed by atoms with van der Waals surface area (Å²) in [5.74, 6) is -2.09. The van der Waals surface area contributed by atoms with Crippen molar-refractivity contribution in [2.75, 3.05) is 36.4 Å². The van der Waals surface area contributed by atoms with Crippen LogP contribution in [0.5, 0.6) is 0 Å². The average molecular weight is 511 g/mol. The van der Waals surface area contributed by atoms with Gasteiger partial charge in [0.2, 0.25) is 0 Å². The first-order valence-electron chi connectivity index (χ1n) is 11.3. The summed E-state index contributed by atoms with van der Waals surface area (Å²) < 4.78 is 38.1. The first kappa shape index (κ1) is 25.3. The van der Waals surface area contributed by atoms with Crippen LogP contribution in [0.25, 0.3) is 0 Å². The molecule has 11 heteroatoms. The molecule has 2 saturated heterocycles. The number of alkyl halides is 3. The van der Waals surface area contributed by atoms with E-state index in [2.05, 4.69) is 5.32 Å². The molecule has 0 spiro atoms. The molecule has 2 aromatic carbocycles. The Bertz CT molecular complexity index is 1060. The molecule has 2 unspecified atom stereocenters. The van der Waals surface area contributed by atoms with Gasteiger partial charge in [-0.05, 0) is 49.2 Å². The summed E-state index contributed by atoms with van der Waals surface area (Å²) in [6, 6.07) is 12.8. The number of para-hydroxylation sites is 2. The van der Waals surface area contributed by atoms with Crippen LogP contribution in [0.1, 0.15) is 23.2 Å². The van der Waals surface area contributed by atoms with Gasteiger partial charge in [-0.1, -0.05) is 23.7 Å². The molecule has 2 amide bonds. The van der Waals surface area contributed by atoms with E-state index in [0.29, 0.717) is 48.7 Å². The zero-order chi connectivity index (χ0) is 25.2. The molecule has 3 N–H and O–H groups in total. The van der Waals surface area contributed by atoms with Crippen molar-refractivity contribution in [2.45, 2.75) is 37.2 Å². The Morgan fingerprint density at radius 2 is 1.66 bits per heavy atom. The first-order chi connectivity index (χ1) is 16.6. The minimum atomic E-state index is -4.99. The van der Waals surface area contributed by atoms with Crippen LogP contribution in [0.15, 0.2) is 48.5 Å². The number of benzene rings is 2. The molecule has 2 aromatic rings. The number of halogens is 4. The second-order valence-electron chi connectivity index (χ2n) is 8.79. The van der Waals surface area contributed by atoms with Crippen molar-refractivity contribution < 1.29 is 27.9 Å². The van der Waals surface area contributed by atoms with Crippen LogP contribution < -0.4 is 15.5 Å². The maximum Gasteiger partial charge on any atom is 0.471 e. The number of nitrogens with zero attached hydrogens (tertiary/aromatic N) is 2. The number of nitrogens with one attached hydrogen (secondary N) is 2. The van der Waals surface area contributed by atoms with Crippen LogP contribution in [-0.4, -0.2) is 72.4 Å². The van der Waals surface area contributed by atoms with E-state index >= 15 is 0 Å². The summed E-state index contributed by atoms with van der Waals surface area (Å²) in [4.78, 5) is 27.7. The number of hydrogen-bond acceptors (Lipinski definition) is 5. The smallest absolute Gasteiger partial charge is 0.390 e. The van der Waals surface area contributed by atoms with Crippen LogP contribution in [-0.2, 0) is 4.79 Å². The van der Waals surface area contributed by atoms with Gasteiger partial charge in [-0.25, -0.2) is 0 Å². The molecule has 2 aliphatic heterocycles. The zero-order valence-corrected chi connectivity index (χ0v) is 19.5. The summed E-state index contributed by atoms with van der Waals surface area (Å²) in [6.45, 7) is 1.71. The molecule has 0 aliphatic carbocycles. The van der Waals surface area contributed by atoms with Crippen molar-refractivity contribution >= 4 is 34.8 Å². The first-order valence-corrected chi connectivity index (χ1v) is 11.7. The Morgan fingerprint density at radius 3 is 2.31 bits per heavy atom.